The Balaban J connectivity index is 1.86. The molecule has 0 fully saturated rings. The number of rotatable bonds is 5. The number of carbonyl (C=O) groups is 1. The van der Waals surface area contributed by atoms with Crippen LogP contribution < -0.4 is 4.74 Å². The largest absolute Gasteiger partial charge is 0.487 e. The van der Waals surface area contributed by atoms with E-state index in [0.29, 0.717) is 6.61 Å². The van der Waals surface area contributed by atoms with Crippen molar-refractivity contribution in [3.05, 3.63) is 71.9 Å². The van der Waals surface area contributed by atoms with Gasteiger partial charge in [0.05, 0.1) is 5.52 Å². The lowest BCUT2D eigenvalue weighted by molar-refractivity contribution is -0.112. The Kier molecular flexibility index (Phi) is 4.05. The Morgan fingerprint density at radius 3 is 2.73 bits per heavy atom. The highest BCUT2D eigenvalue weighted by Gasteiger charge is 2.07. The molecule has 0 aliphatic heterocycles. The molecule has 0 saturated carbocycles. The summed E-state index contributed by atoms with van der Waals surface area (Å²) in [6.45, 7) is 2.07. The van der Waals surface area contributed by atoms with Gasteiger partial charge in [0.1, 0.15) is 12.4 Å². The van der Waals surface area contributed by atoms with Gasteiger partial charge in [-0.2, -0.15) is 0 Å². The number of aromatic amines is 1. The molecule has 0 aliphatic carbocycles. The summed E-state index contributed by atoms with van der Waals surface area (Å²) in [7, 11) is 0. The summed E-state index contributed by atoms with van der Waals surface area (Å²) < 4.78 is 5.92. The van der Waals surface area contributed by atoms with Crippen LogP contribution in [-0.2, 0) is 11.4 Å². The van der Waals surface area contributed by atoms with Crippen LogP contribution in [0.25, 0.3) is 17.0 Å². The zero-order chi connectivity index (χ0) is 15.4. The zero-order valence-corrected chi connectivity index (χ0v) is 12.4. The van der Waals surface area contributed by atoms with Crippen LogP contribution >= 0.6 is 0 Å². The number of allylic oxidation sites excluding steroid dienone is 1. The number of aromatic nitrogens is 1. The number of hydrogen-bond acceptors (Lipinski definition) is 2. The van der Waals surface area contributed by atoms with Gasteiger partial charge in [0.25, 0.3) is 0 Å². The van der Waals surface area contributed by atoms with Crippen LogP contribution in [0.5, 0.6) is 5.75 Å². The first-order valence-electron chi connectivity index (χ1n) is 7.19. The Labute approximate surface area is 129 Å². The van der Waals surface area contributed by atoms with Crippen LogP contribution in [0.4, 0.5) is 0 Å². The lowest BCUT2D eigenvalue weighted by Crippen LogP contribution is -1.95. The molecule has 0 spiro atoms. The van der Waals surface area contributed by atoms with Crippen molar-refractivity contribution in [2.45, 2.75) is 13.5 Å². The van der Waals surface area contributed by atoms with E-state index >= 15 is 0 Å². The van der Waals surface area contributed by atoms with Crippen LogP contribution in [0.2, 0.25) is 0 Å². The van der Waals surface area contributed by atoms with Gasteiger partial charge in [-0.05, 0) is 30.7 Å². The van der Waals surface area contributed by atoms with Crippen molar-refractivity contribution in [2.75, 3.05) is 0 Å². The van der Waals surface area contributed by atoms with Crippen LogP contribution in [-0.4, -0.2) is 10.8 Å². The predicted octanol–water partition coefficient (Wildman–Crippen LogP) is 4.35. The molecular weight excluding hydrogens is 274 g/mol. The molecule has 1 heterocycles. The molecule has 0 bridgehead atoms. The molecule has 3 aromatic rings. The third-order valence-electron chi connectivity index (χ3n) is 3.44. The van der Waals surface area contributed by atoms with E-state index in [1.54, 1.807) is 13.0 Å². The minimum absolute atomic E-state index is 0.0332. The minimum Gasteiger partial charge on any atom is -0.487 e. The first-order valence-corrected chi connectivity index (χ1v) is 7.19. The molecule has 22 heavy (non-hydrogen) atoms. The molecule has 2 aromatic carbocycles. The number of fused-ring (bicyclic) bond motifs is 1. The smallest absolute Gasteiger partial charge is 0.152 e. The Hall–Kier alpha value is -2.81. The molecule has 3 rings (SSSR count). The second-order valence-corrected chi connectivity index (χ2v) is 5.14. The standard InChI is InChI=1S/C19H17NO2/c1-14(21)10-11-16-12-20-19-17(16)8-5-9-18(19)22-13-15-6-3-2-4-7-15/h2-12,20H,13H2,1H3/b11-10+. The summed E-state index contributed by atoms with van der Waals surface area (Å²) >= 11 is 0. The molecular formula is C19H17NO2. The summed E-state index contributed by atoms with van der Waals surface area (Å²) in [6, 6.07) is 16.0. The highest BCUT2D eigenvalue weighted by molar-refractivity contribution is 5.97. The fraction of sp³-hybridized carbons (Fsp3) is 0.105. The molecule has 0 amide bonds. The topological polar surface area (TPSA) is 42.1 Å². The number of ketones is 1. The molecule has 0 aliphatic rings. The van der Waals surface area contributed by atoms with E-state index in [1.807, 2.05) is 60.8 Å². The number of para-hydroxylation sites is 1. The minimum atomic E-state index is 0.0332. The Morgan fingerprint density at radius 1 is 1.14 bits per heavy atom. The fourth-order valence-corrected chi connectivity index (χ4v) is 2.35. The van der Waals surface area contributed by atoms with Crippen LogP contribution in [0, 0.1) is 0 Å². The van der Waals surface area contributed by atoms with Crippen LogP contribution in [0.15, 0.2) is 60.8 Å². The number of ether oxygens (including phenoxy) is 1. The van der Waals surface area contributed by atoms with Crippen molar-refractivity contribution in [2.24, 2.45) is 0 Å². The number of hydrogen-bond donors (Lipinski definition) is 1. The van der Waals surface area contributed by atoms with Gasteiger partial charge in [-0.15, -0.1) is 0 Å². The van der Waals surface area contributed by atoms with Crippen LogP contribution in [0.3, 0.4) is 0 Å². The molecule has 3 heteroatoms. The molecule has 0 saturated heterocycles. The summed E-state index contributed by atoms with van der Waals surface area (Å²) in [5.41, 5.74) is 3.06. The molecule has 110 valence electrons. The van der Waals surface area contributed by atoms with Crippen molar-refractivity contribution in [1.82, 2.24) is 4.98 Å². The molecule has 3 nitrogen and oxygen atoms in total. The quantitative estimate of drug-likeness (QED) is 0.710. The number of H-pyrrole nitrogens is 1. The second-order valence-electron chi connectivity index (χ2n) is 5.14. The average Bonchev–Trinajstić information content (AvgIpc) is 2.95. The molecule has 0 unspecified atom stereocenters. The Morgan fingerprint density at radius 2 is 1.95 bits per heavy atom. The van der Waals surface area contributed by atoms with Gasteiger partial charge in [0, 0.05) is 17.1 Å². The third-order valence-corrected chi connectivity index (χ3v) is 3.44. The molecule has 0 atom stereocenters. The van der Waals surface area contributed by atoms with E-state index in [0.717, 1.165) is 27.8 Å². The lowest BCUT2D eigenvalue weighted by Gasteiger charge is -2.07. The maximum Gasteiger partial charge on any atom is 0.152 e. The van der Waals surface area contributed by atoms with Crippen LogP contribution in [0.1, 0.15) is 18.1 Å². The molecule has 0 radical (unpaired) electrons. The second kappa shape index (κ2) is 6.31. The summed E-state index contributed by atoms with van der Waals surface area (Å²) in [6.07, 6.45) is 5.28. The van der Waals surface area contributed by atoms with Gasteiger partial charge in [-0.3, -0.25) is 4.79 Å². The fourth-order valence-electron chi connectivity index (χ4n) is 2.35. The number of carbonyl (C=O) groups excluding carboxylic acids is 1. The highest BCUT2D eigenvalue weighted by atomic mass is 16.5. The Bertz CT molecular complexity index is 816. The summed E-state index contributed by atoms with van der Waals surface area (Å²) in [5, 5.41) is 1.04. The molecule has 1 N–H and O–H groups in total. The van der Waals surface area contributed by atoms with E-state index in [2.05, 4.69) is 4.98 Å². The summed E-state index contributed by atoms with van der Waals surface area (Å²) in [4.78, 5) is 14.3. The van der Waals surface area contributed by atoms with Crippen molar-refractivity contribution in [3.63, 3.8) is 0 Å². The normalized spacial score (nSPS) is 11.1. The lowest BCUT2D eigenvalue weighted by atomic mass is 10.1. The van der Waals surface area contributed by atoms with E-state index in [1.165, 1.54) is 0 Å². The van der Waals surface area contributed by atoms with E-state index in [-0.39, 0.29) is 5.78 Å². The van der Waals surface area contributed by atoms with Crippen molar-refractivity contribution in [1.29, 1.82) is 0 Å². The van der Waals surface area contributed by atoms with Gasteiger partial charge >= 0.3 is 0 Å². The maximum absolute atomic E-state index is 11.1. The van der Waals surface area contributed by atoms with Gasteiger partial charge in [0.15, 0.2) is 5.78 Å². The van der Waals surface area contributed by atoms with Gasteiger partial charge in [-0.25, -0.2) is 0 Å². The van der Waals surface area contributed by atoms with Gasteiger partial charge in [-0.1, -0.05) is 42.5 Å². The first kappa shape index (κ1) is 14.1. The van der Waals surface area contributed by atoms with Crippen molar-refractivity contribution < 1.29 is 9.53 Å². The SMILES string of the molecule is CC(=O)/C=C/c1c[nH]c2c(OCc3ccccc3)cccc12. The third kappa shape index (κ3) is 3.09. The highest BCUT2D eigenvalue weighted by Crippen LogP contribution is 2.28. The summed E-state index contributed by atoms with van der Waals surface area (Å²) in [5.74, 6) is 0.842. The van der Waals surface area contributed by atoms with Crippen molar-refractivity contribution >= 4 is 22.8 Å². The number of nitrogens with one attached hydrogen (secondary N) is 1. The number of benzene rings is 2. The molecule has 1 aromatic heterocycles. The maximum atomic E-state index is 11.1. The van der Waals surface area contributed by atoms with E-state index in [9.17, 15) is 4.79 Å². The predicted molar refractivity (Wildman–Crippen MR) is 88.8 cm³/mol. The average molecular weight is 291 g/mol. The van der Waals surface area contributed by atoms with E-state index in [4.69, 9.17) is 4.74 Å². The van der Waals surface area contributed by atoms with Gasteiger partial charge in [0.2, 0.25) is 0 Å². The zero-order valence-electron chi connectivity index (χ0n) is 12.4. The van der Waals surface area contributed by atoms with E-state index < -0.39 is 0 Å². The van der Waals surface area contributed by atoms with Gasteiger partial charge < -0.3 is 9.72 Å². The van der Waals surface area contributed by atoms with Crippen molar-refractivity contribution in [3.8, 4) is 5.75 Å². The monoisotopic (exact) mass is 291 g/mol. The first-order chi connectivity index (χ1) is 10.7.